The maximum Gasteiger partial charge on any atom is 0.436 e. The van der Waals surface area contributed by atoms with E-state index in [1.54, 1.807) is 44.2 Å². The summed E-state index contributed by atoms with van der Waals surface area (Å²) in [5.74, 6) is 0.497. The topological polar surface area (TPSA) is 135 Å². The monoisotopic (exact) mass is 427 g/mol. The van der Waals surface area contributed by atoms with Crippen LogP contribution in [-0.2, 0) is 9.53 Å². The first kappa shape index (κ1) is 23.2. The van der Waals surface area contributed by atoms with Crippen LogP contribution in [0.3, 0.4) is 0 Å². The molecule has 0 atom stereocenters. The van der Waals surface area contributed by atoms with Gasteiger partial charge in [0.15, 0.2) is 0 Å². The van der Waals surface area contributed by atoms with Gasteiger partial charge in [-0.25, -0.2) is 9.59 Å². The lowest BCUT2D eigenvalue weighted by Crippen LogP contribution is -2.38. The van der Waals surface area contributed by atoms with Gasteiger partial charge in [0.1, 0.15) is 11.5 Å². The zero-order valence-corrected chi connectivity index (χ0v) is 17.5. The van der Waals surface area contributed by atoms with E-state index < -0.39 is 12.1 Å². The summed E-state index contributed by atoms with van der Waals surface area (Å²) >= 11 is 0. The molecule has 10 nitrogen and oxygen atoms in total. The summed E-state index contributed by atoms with van der Waals surface area (Å²) < 4.78 is 10.4. The number of benzene rings is 2. The first-order chi connectivity index (χ1) is 14.9. The van der Waals surface area contributed by atoms with Gasteiger partial charge in [-0.05, 0) is 31.2 Å². The predicted molar refractivity (Wildman–Crippen MR) is 117 cm³/mol. The lowest BCUT2D eigenvalue weighted by atomic mass is 10.2. The number of methoxy groups -OCH3 is 1. The largest absolute Gasteiger partial charge is 0.457 e. The van der Waals surface area contributed by atoms with E-state index in [1.165, 1.54) is 4.90 Å². The van der Waals surface area contributed by atoms with E-state index in [2.05, 4.69) is 20.4 Å². The van der Waals surface area contributed by atoms with Gasteiger partial charge in [-0.1, -0.05) is 25.1 Å². The molecule has 10 heteroatoms. The molecule has 0 aliphatic rings. The fraction of sp³-hybridized carbons (Fsp3) is 0.238. The normalized spacial score (nSPS) is 10.7. The summed E-state index contributed by atoms with van der Waals surface area (Å²) in [6, 6.07) is 13.3. The number of rotatable bonds is 6. The number of para-hydroxylation sites is 1. The SMILES string of the molecule is CCC(=O)NC(=NC(=O)OC)Nc1cc(Oc2ccccc2)ccc1N(CC)C(N)=O. The summed E-state index contributed by atoms with van der Waals surface area (Å²) in [5, 5.41) is 5.35. The van der Waals surface area contributed by atoms with Crippen LogP contribution in [0.4, 0.5) is 21.0 Å². The van der Waals surface area contributed by atoms with Crippen molar-refractivity contribution in [1.82, 2.24) is 5.32 Å². The first-order valence-corrected chi connectivity index (χ1v) is 9.55. The van der Waals surface area contributed by atoms with Crippen LogP contribution in [0.25, 0.3) is 0 Å². The molecule has 2 rings (SSSR count). The van der Waals surface area contributed by atoms with Gasteiger partial charge in [0.05, 0.1) is 18.5 Å². The molecule has 0 fully saturated rings. The number of carbonyl (C=O) groups excluding carboxylic acids is 3. The highest BCUT2D eigenvalue weighted by Crippen LogP contribution is 2.32. The number of aliphatic imine (C=N–C) groups is 1. The van der Waals surface area contributed by atoms with Gasteiger partial charge in [-0.2, -0.15) is 0 Å². The van der Waals surface area contributed by atoms with Crippen molar-refractivity contribution < 1.29 is 23.9 Å². The van der Waals surface area contributed by atoms with Gasteiger partial charge >= 0.3 is 12.1 Å². The van der Waals surface area contributed by atoms with Crippen LogP contribution in [0, 0.1) is 0 Å². The number of nitrogens with two attached hydrogens (primary N) is 1. The third-order valence-corrected chi connectivity index (χ3v) is 4.03. The van der Waals surface area contributed by atoms with E-state index >= 15 is 0 Å². The lowest BCUT2D eigenvalue weighted by molar-refractivity contribution is -0.119. The molecule has 2 aromatic carbocycles. The summed E-state index contributed by atoms with van der Waals surface area (Å²) in [6.07, 6.45) is -0.756. The van der Waals surface area contributed by atoms with E-state index in [4.69, 9.17) is 10.5 Å². The number of guanidine groups is 1. The van der Waals surface area contributed by atoms with E-state index in [-0.39, 0.29) is 24.8 Å². The molecule has 0 unspecified atom stereocenters. The predicted octanol–water partition coefficient (Wildman–Crippen LogP) is 3.44. The number of amides is 4. The molecule has 4 N–H and O–H groups in total. The standard InChI is InChI=1S/C21H25N5O5/c1-4-18(27)24-20(25-21(29)30-3)23-16-13-15(31-14-9-7-6-8-10-14)11-12-17(16)26(5-2)19(22)28/h6-13H,4-5H2,1-3H3,(H2,22,28)(H2,23,24,25,27,29). The smallest absolute Gasteiger partial charge is 0.436 e. The number of hydrogen-bond acceptors (Lipinski definition) is 5. The minimum atomic E-state index is -0.917. The Balaban J connectivity index is 2.48. The maximum atomic E-state index is 11.9. The molecular formula is C21H25N5O5. The lowest BCUT2D eigenvalue weighted by Gasteiger charge is -2.23. The Bertz CT molecular complexity index is 962. The molecule has 4 amide bonds. The second-order valence-corrected chi connectivity index (χ2v) is 6.13. The Morgan fingerprint density at radius 3 is 2.35 bits per heavy atom. The van der Waals surface area contributed by atoms with Crippen molar-refractivity contribution >= 4 is 35.4 Å². The van der Waals surface area contributed by atoms with Gasteiger partial charge in [0.25, 0.3) is 0 Å². The van der Waals surface area contributed by atoms with E-state index in [0.29, 0.717) is 22.9 Å². The summed E-state index contributed by atoms with van der Waals surface area (Å²) in [6.45, 7) is 3.69. The van der Waals surface area contributed by atoms with Gasteiger partial charge < -0.3 is 20.5 Å². The van der Waals surface area contributed by atoms with E-state index in [0.717, 1.165) is 7.11 Å². The fourth-order valence-corrected chi connectivity index (χ4v) is 2.56. The molecule has 164 valence electrons. The average molecular weight is 427 g/mol. The van der Waals surface area contributed by atoms with Crippen molar-refractivity contribution in [3.63, 3.8) is 0 Å². The Labute approximate surface area is 180 Å². The van der Waals surface area contributed by atoms with Crippen LogP contribution >= 0.6 is 0 Å². The van der Waals surface area contributed by atoms with Crippen molar-refractivity contribution in [3.05, 3.63) is 48.5 Å². The van der Waals surface area contributed by atoms with Crippen molar-refractivity contribution in [3.8, 4) is 11.5 Å². The molecule has 0 saturated carbocycles. The third-order valence-electron chi connectivity index (χ3n) is 4.03. The number of hydrogen-bond donors (Lipinski definition) is 3. The Hall–Kier alpha value is -4.08. The number of urea groups is 1. The Kier molecular flexibility index (Phi) is 8.38. The first-order valence-electron chi connectivity index (χ1n) is 9.55. The van der Waals surface area contributed by atoms with Crippen LogP contribution in [0.2, 0.25) is 0 Å². The Morgan fingerprint density at radius 2 is 1.77 bits per heavy atom. The minimum Gasteiger partial charge on any atom is -0.457 e. The zero-order chi connectivity index (χ0) is 22.8. The van der Waals surface area contributed by atoms with Crippen LogP contribution < -0.4 is 26.0 Å². The molecule has 0 heterocycles. The number of anilines is 2. The van der Waals surface area contributed by atoms with Crippen molar-refractivity contribution in [2.75, 3.05) is 23.9 Å². The number of carbonyl (C=O) groups is 3. The molecule has 0 bridgehead atoms. The van der Waals surface area contributed by atoms with Gasteiger partial charge in [-0.15, -0.1) is 4.99 Å². The number of nitrogens with zero attached hydrogens (tertiary/aromatic N) is 2. The van der Waals surface area contributed by atoms with Crippen LogP contribution in [0.5, 0.6) is 11.5 Å². The quantitative estimate of drug-likeness (QED) is 0.477. The minimum absolute atomic E-state index is 0.161. The van der Waals surface area contributed by atoms with Crippen molar-refractivity contribution in [2.24, 2.45) is 10.7 Å². The second kappa shape index (κ2) is 11.2. The van der Waals surface area contributed by atoms with E-state index in [9.17, 15) is 14.4 Å². The number of ether oxygens (including phenoxy) is 2. The molecule has 0 aliphatic carbocycles. The summed E-state index contributed by atoms with van der Waals surface area (Å²) in [4.78, 5) is 40.5. The molecule has 0 aliphatic heterocycles. The summed E-state index contributed by atoms with van der Waals surface area (Å²) in [7, 11) is 1.16. The maximum absolute atomic E-state index is 11.9. The highest BCUT2D eigenvalue weighted by atomic mass is 16.5. The van der Waals surface area contributed by atoms with Gasteiger partial charge in [-0.3, -0.25) is 15.0 Å². The van der Waals surface area contributed by atoms with Crippen LogP contribution in [0.1, 0.15) is 20.3 Å². The second-order valence-electron chi connectivity index (χ2n) is 6.13. The molecule has 0 saturated heterocycles. The molecule has 0 radical (unpaired) electrons. The highest BCUT2D eigenvalue weighted by molar-refractivity contribution is 6.09. The van der Waals surface area contributed by atoms with Gasteiger partial charge in [0, 0.05) is 19.0 Å². The zero-order valence-electron chi connectivity index (χ0n) is 17.5. The molecule has 0 spiro atoms. The third kappa shape index (κ3) is 6.74. The average Bonchev–Trinajstić information content (AvgIpc) is 2.75. The fourth-order valence-electron chi connectivity index (χ4n) is 2.56. The van der Waals surface area contributed by atoms with Crippen LogP contribution in [0.15, 0.2) is 53.5 Å². The molecule has 31 heavy (non-hydrogen) atoms. The highest BCUT2D eigenvalue weighted by Gasteiger charge is 2.18. The van der Waals surface area contributed by atoms with Gasteiger partial charge in [0.2, 0.25) is 11.9 Å². The van der Waals surface area contributed by atoms with Crippen molar-refractivity contribution in [2.45, 2.75) is 20.3 Å². The molecular weight excluding hydrogens is 402 g/mol. The number of primary amides is 1. The molecule has 0 aromatic heterocycles. The van der Waals surface area contributed by atoms with Crippen LogP contribution in [-0.4, -0.2) is 37.6 Å². The Morgan fingerprint density at radius 1 is 1.06 bits per heavy atom. The number of nitrogens with one attached hydrogen (secondary N) is 2. The summed E-state index contributed by atoms with van der Waals surface area (Å²) in [5.41, 5.74) is 6.23. The van der Waals surface area contributed by atoms with Crippen molar-refractivity contribution in [1.29, 1.82) is 0 Å². The van der Waals surface area contributed by atoms with E-state index in [1.807, 2.05) is 18.2 Å². The molecule has 2 aromatic rings.